The van der Waals surface area contributed by atoms with Crippen LogP contribution < -0.4 is 4.74 Å². The fourth-order valence-electron chi connectivity index (χ4n) is 2.49. The van der Waals surface area contributed by atoms with E-state index in [-0.39, 0.29) is 16.0 Å². The van der Waals surface area contributed by atoms with Gasteiger partial charge in [-0.15, -0.1) is 11.3 Å². The van der Waals surface area contributed by atoms with Crippen molar-refractivity contribution in [3.05, 3.63) is 45.9 Å². The zero-order valence-corrected chi connectivity index (χ0v) is 14.5. The molecule has 3 rings (SSSR count). The quantitative estimate of drug-likeness (QED) is 0.817. The van der Waals surface area contributed by atoms with E-state index in [1.54, 1.807) is 11.3 Å². The van der Waals surface area contributed by atoms with Gasteiger partial charge in [0, 0.05) is 18.5 Å². The molecule has 23 heavy (non-hydrogen) atoms. The van der Waals surface area contributed by atoms with Gasteiger partial charge in [-0.25, -0.2) is 12.8 Å². The van der Waals surface area contributed by atoms with Crippen molar-refractivity contribution in [3.63, 3.8) is 0 Å². The molecule has 4 nitrogen and oxygen atoms in total. The van der Waals surface area contributed by atoms with Gasteiger partial charge in [0.05, 0.1) is 9.92 Å². The predicted molar refractivity (Wildman–Crippen MR) is 88.1 cm³/mol. The Labute approximate surface area is 143 Å². The highest BCUT2D eigenvalue weighted by molar-refractivity contribution is 7.89. The predicted octanol–water partition coefficient (Wildman–Crippen LogP) is 3.77. The number of sulfonamides is 1. The Morgan fingerprint density at radius 1 is 1.26 bits per heavy atom. The molecule has 1 fully saturated rings. The molecule has 1 aliphatic heterocycles. The highest BCUT2D eigenvalue weighted by Gasteiger charge is 2.30. The zero-order chi connectivity index (χ0) is 16.4. The van der Waals surface area contributed by atoms with Crippen LogP contribution in [0.2, 0.25) is 5.02 Å². The SMILES string of the molecule is O=S(=O)(c1ccc(F)c(Cl)c1)N1CCC(Oc2ccsc2)CC1. The molecule has 8 heteroatoms. The highest BCUT2D eigenvalue weighted by atomic mass is 35.5. The van der Waals surface area contributed by atoms with Gasteiger partial charge in [-0.05, 0) is 42.5 Å². The maximum atomic E-state index is 13.2. The number of benzene rings is 1. The molecule has 2 aromatic rings. The van der Waals surface area contributed by atoms with Crippen molar-refractivity contribution in [3.8, 4) is 5.75 Å². The minimum atomic E-state index is -3.66. The fourth-order valence-corrected chi connectivity index (χ4v) is 4.79. The summed E-state index contributed by atoms with van der Waals surface area (Å²) in [6.07, 6.45) is 1.24. The van der Waals surface area contributed by atoms with E-state index in [9.17, 15) is 12.8 Å². The smallest absolute Gasteiger partial charge is 0.243 e. The third kappa shape index (κ3) is 3.68. The number of rotatable bonds is 4. The van der Waals surface area contributed by atoms with Crippen LogP contribution in [0, 0.1) is 5.82 Å². The molecule has 0 amide bonds. The van der Waals surface area contributed by atoms with Crippen molar-refractivity contribution in [2.75, 3.05) is 13.1 Å². The second-order valence-corrected chi connectivity index (χ2v) is 8.38. The number of ether oxygens (including phenoxy) is 1. The molecule has 0 radical (unpaired) electrons. The minimum absolute atomic E-state index is 0.00727. The average Bonchev–Trinajstić information content (AvgIpc) is 3.03. The summed E-state index contributed by atoms with van der Waals surface area (Å²) in [5.74, 6) is 0.190. The van der Waals surface area contributed by atoms with Crippen molar-refractivity contribution in [1.82, 2.24) is 4.31 Å². The first-order valence-electron chi connectivity index (χ1n) is 7.11. The Morgan fingerprint density at radius 3 is 2.61 bits per heavy atom. The summed E-state index contributed by atoms with van der Waals surface area (Å²) in [6, 6.07) is 5.36. The Morgan fingerprint density at radius 2 is 2.00 bits per heavy atom. The van der Waals surface area contributed by atoms with Gasteiger partial charge in [0.15, 0.2) is 0 Å². The summed E-state index contributed by atoms with van der Waals surface area (Å²) in [7, 11) is -3.66. The van der Waals surface area contributed by atoms with E-state index in [0.29, 0.717) is 25.9 Å². The minimum Gasteiger partial charge on any atom is -0.489 e. The van der Waals surface area contributed by atoms with Crippen LogP contribution in [0.1, 0.15) is 12.8 Å². The molecule has 124 valence electrons. The fraction of sp³-hybridized carbons (Fsp3) is 0.333. The molecule has 0 spiro atoms. The van der Waals surface area contributed by atoms with Crippen molar-refractivity contribution in [1.29, 1.82) is 0 Å². The lowest BCUT2D eigenvalue weighted by Gasteiger charge is -2.31. The van der Waals surface area contributed by atoms with Crippen molar-refractivity contribution in [2.45, 2.75) is 23.8 Å². The maximum absolute atomic E-state index is 13.2. The first-order chi connectivity index (χ1) is 11.0. The zero-order valence-electron chi connectivity index (χ0n) is 12.1. The van der Waals surface area contributed by atoms with E-state index in [1.165, 1.54) is 10.4 Å². The summed E-state index contributed by atoms with van der Waals surface area (Å²) in [6.45, 7) is 0.734. The first kappa shape index (κ1) is 16.7. The summed E-state index contributed by atoms with van der Waals surface area (Å²) >= 11 is 7.24. The van der Waals surface area contributed by atoms with Crippen LogP contribution in [0.3, 0.4) is 0 Å². The Balaban J connectivity index is 1.67. The second-order valence-electron chi connectivity index (χ2n) is 5.26. The van der Waals surface area contributed by atoms with Crippen LogP contribution in [0.15, 0.2) is 39.9 Å². The summed E-state index contributed by atoms with van der Waals surface area (Å²) in [4.78, 5) is 0.0149. The third-order valence-electron chi connectivity index (χ3n) is 3.73. The Hall–Kier alpha value is -1.15. The van der Waals surface area contributed by atoms with Crippen LogP contribution in [0.4, 0.5) is 4.39 Å². The number of piperidine rings is 1. The normalized spacial score (nSPS) is 17.3. The largest absolute Gasteiger partial charge is 0.489 e. The highest BCUT2D eigenvalue weighted by Crippen LogP contribution is 2.26. The van der Waals surface area contributed by atoms with Gasteiger partial charge >= 0.3 is 0 Å². The summed E-state index contributed by atoms with van der Waals surface area (Å²) in [5.41, 5.74) is 0. The van der Waals surface area contributed by atoms with Gasteiger partial charge < -0.3 is 4.74 Å². The molecular weight excluding hydrogens is 361 g/mol. The van der Waals surface area contributed by atoms with Crippen LogP contribution >= 0.6 is 22.9 Å². The van der Waals surface area contributed by atoms with Crippen molar-refractivity contribution >= 4 is 33.0 Å². The maximum Gasteiger partial charge on any atom is 0.243 e. The third-order valence-corrected chi connectivity index (χ3v) is 6.57. The lowest BCUT2D eigenvalue weighted by Crippen LogP contribution is -2.41. The van der Waals surface area contributed by atoms with Crippen LogP contribution in [-0.2, 0) is 10.0 Å². The van der Waals surface area contributed by atoms with E-state index in [0.717, 1.165) is 17.9 Å². The molecular formula is C15H15ClFNO3S2. The number of nitrogens with zero attached hydrogens (tertiary/aromatic N) is 1. The molecule has 2 heterocycles. The number of halogens is 2. The monoisotopic (exact) mass is 375 g/mol. The standard InChI is InChI=1S/C15H15ClFNO3S2/c16-14-9-13(1-2-15(14)17)23(19,20)18-6-3-11(4-7-18)21-12-5-8-22-10-12/h1-2,5,8-11H,3-4,6-7H2. The lowest BCUT2D eigenvalue weighted by molar-refractivity contribution is 0.135. The molecule has 0 saturated carbocycles. The van der Waals surface area contributed by atoms with Crippen LogP contribution in [-0.4, -0.2) is 31.9 Å². The van der Waals surface area contributed by atoms with Crippen LogP contribution in [0.25, 0.3) is 0 Å². The first-order valence-corrected chi connectivity index (χ1v) is 9.87. The van der Waals surface area contributed by atoms with E-state index < -0.39 is 15.8 Å². The molecule has 1 saturated heterocycles. The van der Waals surface area contributed by atoms with Crippen molar-refractivity contribution in [2.24, 2.45) is 0 Å². The van der Waals surface area contributed by atoms with Gasteiger partial charge in [-0.1, -0.05) is 11.6 Å². The summed E-state index contributed by atoms with van der Waals surface area (Å²) in [5, 5.41) is 3.67. The van der Waals surface area contributed by atoms with Gasteiger partial charge in [0.25, 0.3) is 0 Å². The van der Waals surface area contributed by atoms with E-state index in [1.807, 2.05) is 16.8 Å². The topological polar surface area (TPSA) is 46.6 Å². The molecule has 1 aliphatic rings. The van der Waals surface area contributed by atoms with Gasteiger partial charge in [-0.2, -0.15) is 4.31 Å². The van der Waals surface area contributed by atoms with E-state index in [4.69, 9.17) is 16.3 Å². The molecule has 1 aromatic carbocycles. The van der Waals surface area contributed by atoms with E-state index >= 15 is 0 Å². The molecule has 0 N–H and O–H groups in total. The molecule has 1 aromatic heterocycles. The molecule has 0 atom stereocenters. The Kier molecular flexibility index (Phi) is 4.91. The van der Waals surface area contributed by atoms with Crippen molar-refractivity contribution < 1.29 is 17.5 Å². The lowest BCUT2D eigenvalue weighted by atomic mass is 10.1. The Bertz CT molecular complexity index is 772. The van der Waals surface area contributed by atoms with Gasteiger partial charge in [-0.3, -0.25) is 0 Å². The van der Waals surface area contributed by atoms with E-state index in [2.05, 4.69) is 0 Å². The molecule has 0 unspecified atom stereocenters. The number of hydrogen-bond donors (Lipinski definition) is 0. The van der Waals surface area contributed by atoms with Gasteiger partial charge in [0.2, 0.25) is 10.0 Å². The average molecular weight is 376 g/mol. The van der Waals surface area contributed by atoms with Gasteiger partial charge in [0.1, 0.15) is 17.7 Å². The summed E-state index contributed by atoms with van der Waals surface area (Å²) < 4.78 is 45.6. The molecule has 0 aliphatic carbocycles. The number of thiophene rings is 1. The van der Waals surface area contributed by atoms with Crippen LogP contribution in [0.5, 0.6) is 5.75 Å². The number of hydrogen-bond acceptors (Lipinski definition) is 4. The second kappa shape index (κ2) is 6.76. The molecule has 0 bridgehead atoms.